The van der Waals surface area contributed by atoms with E-state index in [-0.39, 0.29) is 10.6 Å². The molecule has 0 saturated heterocycles. The molecule has 0 spiro atoms. The number of fused-ring (bicyclic) bond motifs is 1. The second-order valence-electron chi connectivity index (χ2n) is 2.72. The molecule has 0 aliphatic carbocycles. The van der Waals surface area contributed by atoms with Crippen LogP contribution in [0.15, 0.2) is 23.1 Å². The Balaban J connectivity index is 2.95. The summed E-state index contributed by atoms with van der Waals surface area (Å²) in [5.74, 6) is 0.324. The van der Waals surface area contributed by atoms with E-state index < -0.39 is 0 Å². The Hall–Kier alpha value is -1.55. The zero-order valence-electron chi connectivity index (χ0n) is 7.37. The molecule has 1 N–H and O–H groups in total. The van der Waals surface area contributed by atoms with E-state index in [1.165, 1.54) is 19.2 Å². The Morgan fingerprint density at radius 1 is 1.57 bits per heavy atom. The van der Waals surface area contributed by atoms with Crippen LogP contribution in [0.5, 0.6) is 5.88 Å². The van der Waals surface area contributed by atoms with E-state index in [1.807, 2.05) is 0 Å². The number of aromatic amines is 1. The molecule has 0 bridgehead atoms. The van der Waals surface area contributed by atoms with Crippen LogP contribution in [-0.4, -0.2) is 17.1 Å². The highest BCUT2D eigenvalue weighted by molar-refractivity contribution is 6.30. The fourth-order valence-corrected chi connectivity index (χ4v) is 1.45. The van der Waals surface area contributed by atoms with Gasteiger partial charge in [-0.25, -0.2) is 0 Å². The number of nitrogens with one attached hydrogen (secondary N) is 1. The predicted octanol–water partition coefficient (Wildman–Crippen LogP) is 1.59. The van der Waals surface area contributed by atoms with E-state index in [0.29, 0.717) is 16.8 Å². The fraction of sp³-hybridized carbons (Fsp3) is 0.111. The molecule has 0 amide bonds. The first kappa shape index (κ1) is 9.02. The molecule has 72 valence electrons. The predicted molar refractivity (Wildman–Crippen MR) is 53.9 cm³/mol. The van der Waals surface area contributed by atoms with Gasteiger partial charge in [-0.05, 0) is 6.07 Å². The highest BCUT2D eigenvalue weighted by atomic mass is 35.5. The summed E-state index contributed by atoms with van der Waals surface area (Å²) in [6.45, 7) is 0. The molecule has 2 aromatic heterocycles. The van der Waals surface area contributed by atoms with Crippen molar-refractivity contribution in [3.8, 4) is 5.88 Å². The zero-order valence-corrected chi connectivity index (χ0v) is 8.13. The number of hydrogen-bond donors (Lipinski definition) is 1. The highest BCUT2D eigenvalue weighted by Crippen LogP contribution is 2.21. The second-order valence-corrected chi connectivity index (χ2v) is 3.11. The molecule has 0 fully saturated rings. The molecule has 14 heavy (non-hydrogen) atoms. The van der Waals surface area contributed by atoms with Crippen molar-refractivity contribution < 1.29 is 4.74 Å². The van der Waals surface area contributed by atoms with Crippen molar-refractivity contribution in [1.82, 2.24) is 9.97 Å². The van der Waals surface area contributed by atoms with Crippen LogP contribution in [0.4, 0.5) is 0 Å². The van der Waals surface area contributed by atoms with Crippen molar-refractivity contribution in [2.24, 2.45) is 0 Å². The van der Waals surface area contributed by atoms with Gasteiger partial charge in [0.15, 0.2) is 5.43 Å². The standard InChI is InChI=1S/C9H7ClN2O2/c1-14-9-8-5(4-7(10)12-9)6(13)2-3-11-8/h2-4H,1H3,(H,11,13). The smallest absolute Gasteiger partial charge is 0.239 e. The van der Waals surface area contributed by atoms with Gasteiger partial charge in [0, 0.05) is 12.3 Å². The van der Waals surface area contributed by atoms with Crippen molar-refractivity contribution in [2.75, 3.05) is 7.11 Å². The minimum absolute atomic E-state index is 0.110. The van der Waals surface area contributed by atoms with Crippen LogP contribution in [0.1, 0.15) is 0 Å². The minimum Gasteiger partial charge on any atom is -0.479 e. The third kappa shape index (κ3) is 1.33. The summed E-state index contributed by atoms with van der Waals surface area (Å²) < 4.78 is 5.00. The molecular weight excluding hydrogens is 204 g/mol. The van der Waals surface area contributed by atoms with Gasteiger partial charge >= 0.3 is 0 Å². The average Bonchev–Trinajstić information content (AvgIpc) is 2.18. The molecule has 0 unspecified atom stereocenters. The van der Waals surface area contributed by atoms with Crippen LogP contribution in [0.25, 0.3) is 10.9 Å². The highest BCUT2D eigenvalue weighted by Gasteiger charge is 2.07. The Bertz CT molecular complexity index is 536. The van der Waals surface area contributed by atoms with Gasteiger partial charge in [0.25, 0.3) is 0 Å². The molecule has 4 nitrogen and oxygen atoms in total. The SMILES string of the molecule is COc1nc(Cl)cc2c(=O)cc[nH]c12. The number of methoxy groups -OCH3 is 1. The van der Waals surface area contributed by atoms with Gasteiger partial charge in [-0.1, -0.05) is 11.6 Å². The zero-order chi connectivity index (χ0) is 10.1. The van der Waals surface area contributed by atoms with Gasteiger partial charge in [-0.15, -0.1) is 0 Å². The summed E-state index contributed by atoms with van der Waals surface area (Å²) in [5.41, 5.74) is 0.450. The number of nitrogens with zero attached hydrogens (tertiary/aromatic N) is 1. The Morgan fingerprint density at radius 2 is 2.36 bits per heavy atom. The summed E-state index contributed by atoms with van der Waals surface area (Å²) in [4.78, 5) is 18.3. The maximum Gasteiger partial charge on any atom is 0.239 e. The second kappa shape index (κ2) is 3.31. The lowest BCUT2D eigenvalue weighted by atomic mass is 10.2. The molecule has 5 heteroatoms. The molecular formula is C9H7ClN2O2. The van der Waals surface area contributed by atoms with Gasteiger partial charge in [-0.2, -0.15) is 4.98 Å². The van der Waals surface area contributed by atoms with E-state index in [9.17, 15) is 4.79 Å². The third-order valence-corrected chi connectivity index (χ3v) is 2.07. The van der Waals surface area contributed by atoms with Gasteiger partial charge in [0.05, 0.1) is 12.5 Å². The lowest BCUT2D eigenvalue weighted by Crippen LogP contribution is -2.02. The molecule has 2 rings (SSSR count). The van der Waals surface area contributed by atoms with Crippen LogP contribution < -0.4 is 10.2 Å². The summed E-state index contributed by atoms with van der Waals surface area (Å²) in [7, 11) is 1.48. The number of H-pyrrole nitrogens is 1. The largest absolute Gasteiger partial charge is 0.479 e. The first-order valence-corrected chi connectivity index (χ1v) is 4.32. The molecule has 0 aliphatic heterocycles. The Kier molecular flexibility index (Phi) is 2.13. The van der Waals surface area contributed by atoms with Crippen molar-refractivity contribution in [3.05, 3.63) is 33.7 Å². The fourth-order valence-electron chi connectivity index (χ4n) is 1.26. The van der Waals surface area contributed by atoms with E-state index in [4.69, 9.17) is 16.3 Å². The average molecular weight is 211 g/mol. The van der Waals surface area contributed by atoms with Crippen LogP contribution in [0.3, 0.4) is 0 Å². The third-order valence-electron chi connectivity index (χ3n) is 1.88. The van der Waals surface area contributed by atoms with E-state index in [1.54, 1.807) is 6.20 Å². The number of ether oxygens (including phenoxy) is 1. The Labute approximate surface area is 84.5 Å². The number of hydrogen-bond acceptors (Lipinski definition) is 3. The summed E-state index contributed by atoms with van der Waals surface area (Å²) in [5, 5.41) is 0.718. The molecule has 0 saturated carbocycles. The summed E-state index contributed by atoms with van der Waals surface area (Å²) >= 11 is 5.73. The van der Waals surface area contributed by atoms with Crippen LogP contribution in [0.2, 0.25) is 5.15 Å². The van der Waals surface area contributed by atoms with Crippen molar-refractivity contribution in [2.45, 2.75) is 0 Å². The topological polar surface area (TPSA) is 55.0 Å². The lowest BCUT2D eigenvalue weighted by molar-refractivity contribution is 0.402. The Morgan fingerprint density at radius 3 is 3.07 bits per heavy atom. The van der Waals surface area contributed by atoms with Crippen LogP contribution in [-0.2, 0) is 0 Å². The number of halogens is 1. The molecule has 0 aromatic carbocycles. The first-order valence-electron chi connectivity index (χ1n) is 3.94. The van der Waals surface area contributed by atoms with E-state index in [0.717, 1.165) is 0 Å². The van der Waals surface area contributed by atoms with Gasteiger partial charge < -0.3 is 9.72 Å². The van der Waals surface area contributed by atoms with Crippen molar-refractivity contribution in [3.63, 3.8) is 0 Å². The summed E-state index contributed by atoms with van der Waals surface area (Å²) in [6.07, 6.45) is 1.54. The monoisotopic (exact) mass is 210 g/mol. The van der Waals surface area contributed by atoms with Crippen LogP contribution in [0, 0.1) is 0 Å². The molecule has 0 aliphatic rings. The lowest BCUT2D eigenvalue weighted by Gasteiger charge is -2.03. The maximum atomic E-state index is 11.4. The number of rotatable bonds is 1. The normalized spacial score (nSPS) is 10.4. The molecule has 0 atom stereocenters. The molecule has 2 aromatic rings. The van der Waals surface area contributed by atoms with Gasteiger partial charge in [0.1, 0.15) is 10.7 Å². The van der Waals surface area contributed by atoms with E-state index >= 15 is 0 Å². The molecule has 2 heterocycles. The maximum absolute atomic E-state index is 11.4. The number of aromatic nitrogens is 2. The van der Waals surface area contributed by atoms with Gasteiger partial charge in [-0.3, -0.25) is 4.79 Å². The van der Waals surface area contributed by atoms with Gasteiger partial charge in [0.2, 0.25) is 5.88 Å². The molecule has 0 radical (unpaired) electrons. The summed E-state index contributed by atoms with van der Waals surface area (Å²) in [6, 6.07) is 2.94. The van der Waals surface area contributed by atoms with Crippen LogP contribution >= 0.6 is 11.6 Å². The first-order chi connectivity index (χ1) is 6.72. The van der Waals surface area contributed by atoms with Crippen molar-refractivity contribution >= 4 is 22.5 Å². The van der Waals surface area contributed by atoms with Crippen molar-refractivity contribution in [1.29, 1.82) is 0 Å². The quantitative estimate of drug-likeness (QED) is 0.728. The van der Waals surface area contributed by atoms with E-state index in [2.05, 4.69) is 9.97 Å². The number of pyridine rings is 2. The minimum atomic E-state index is -0.110.